The molecule has 4 heteroatoms. The lowest BCUT2D eigenvalue weighted by molar-refractivity contribution is -0.0926. The second kappa shape index (κ2) is 5.86. The number of hydrogen-bond donors (Lipinski definition) is 0. The minimum atomic E-state index is -0.399. The van der Waals surface area contributed by atoms with Gasteiger partial charge in [-0.2, -0.15) is 0 Å². The number of methoxy groups -OCH3 is 1. The highest BCUT2D eigenvalue weighted by atomic mass is 16.7. The minimum absolute atomic E-state index is 0.238. The Morgan fingerprint density at radius 3 is 2.50 bits per heavy atom. The number of carbonyl (C=O) groups is 1. The maximum Gasteiger partial charge on any atom is 0.412 e. The molecule has 1 aliphatic rings. The monoisotopic (exact) mass is 201 g/mol. The van der Waals surface area contributed by atoms with Gasteiger partial charge in [-0.15, -0.1) is 0 Å². The Labute approximate surface area is 85.2 Å². The van der Waals surface area contributed by atoms with Crippen molar-refractivity contribution in [2.45, 2.75) is 38.9 Å². The van der Waals surface area contributed by atoms with Crippen LogP contribution in [0.25, 0.3) is 0 Å². The first-order valence-electron chi connectivity index (χ1n) is 5.26. The van der Waals surface area contributed by atoms with Gasteiger partial charge in [0.2, 0.25) is 6.29 Å². The zero-order valence-electron chi connectivity index (χ0n) is 8.99. The van der Waals surface area contributed by atoms with E-state index in [0.717, 1.165) is 25.9 Å². The van der Waals surface area contributed by atoms with E-state index < -0.39 is 6.29 Å². The van der Waals surface area contributed by atoms with Crippen LogP contribution in [0.2, 0.25) is 0 Å². The molecule has 0 aromatic rings. The lowest BCUT2D eigenvalue weighted by Crippen LogP contribution is -2.38. The quantitative estimate of drug-likeness (QED) is 0.655. The van der Waals surface area contributed by atoms with Crippen LogP contribution in [0.15, 0.2) is 0 Å². The molecule has 82 valence electrons. The van der Waals surface area contributed by atoms with E-state index in [1.54, 1.807) is 12.0 Å². The van der Waals surface area contributed by atoms with Crippen LogP contribution in [-0.4, -0.2) is 37.5 Å². The predicted molar refractivity (Wildman–Crippen MR) is 53.0 cm³/mol. The van der Waals surface area contributed by atoms with Gasteiger partial charge in [0.15, 0.2) is 0 Å². The molecule has 0 aromatic heterocycles. The molecule has 1 unspecified atom stereocenters. The van der Waals surface area contributed by atoms with E-state index in [1.165, 1.54) is 6.42 Å². The Kier molecular flexibility index (Phi) is 4.73. The molecule has 0 N–H and O–H groups in total. The summed E-state index contributed by atoms with van der Waals surface area (Å²) < 4.78 is 10.1. The molecule has 0 spiro atoms. The Hall–Kier alpha value is -0.770. The summed E-state index contributed by atoms with van der Waals surface area (Å²) in [7, 11) is 1.55. The van der Waals surface area contributed by atoms with E-state index in [2.05, 4.69) is 0 Å². The smallest absolute Gasteiger partial charge is 0.412 e. The Bertz CT molecular complexity index is 174. The van der Waals surface area contributed by atoms with Crippen LogP contribution in [0.1, 0.15) is 32.6 Å². The molecule has 0 saturated carbocycles. The lowest BCUT2D eigenvalue weighted by atomic mass is 10.1. The van der Waals surface area contributed by atoms with Gasteiger partial charge in [0.1, 0.15) is 0 Å². The first-order valence-corrected chi connectivity index (χ1v) is 5.26. The molecule has 4 nitrogen and oxygen atoms in total. The van der Waals surface area contributed by atoms with E-state index >= 15 is 0 Å². The van der Waals surface area contributed by atoms with Gasteiger partial charge in [-0.25, -0.2) is 4.79 Å². The van der Waals surface area contributed by atoms with Gasteiger partial charge >= 0.3 is 6.09 Å². The standard InChI is InChI=1S/C10H19NO3/c1-3-9(13-2)14-10(12)11-7-5-4-6-8-11/h9H,3-8H2,1-2H3. The van der Waals surface area contributed by atoms with E-state index in [-0.39, 0.29) is 6.09 Å². The molecule has 1 rings (SSSR count). The van der Waals surface area contributed by atoms with Crippen LogP contribution in [0.4, 0.5) is 4.79 Å². The summed E-state index contributed by atoms with van der Waals surface area (Å²) in [4.78, 5) is 13.3. The van der Waals surface area contributed by atoms with Gasteiger partial charge in [-0.3, -0.25) is 0 Å². The first-order chi connectivity index (χ1) is 6.77. The van der Waals surface area contributed by atoms with Crippen molar-refractivity contribution in [2.24, 2.45) is 0 Å². The van der Waals surface area contributed by atoms with Crippen LogP contribution in [0.5, 0.6) is 0 Å². The van der Waals surface area contributed by atoms with Crippen molar-refractivity contribution in [1.29, 1.82) is 0 Å². The molecule has 0 radical (unpaired) electrons. The van der Waals surface area contributed by atoms with Crippen molar-refractivity contribution in [2.75, 3.05) is 20.2 Å². The number of ether oxygens (including phenoxy) is 2. The average Bonchev–Trinajstić information content (AvgIpc) is 2.26. The topological polar surface area (TPSA) is 38.8 Å². The highest BCUT2D eigenvalue weighted by Crippen LogP contribution is 2.11. The normalized spacial score (nSPS) is 19.1. The Balaban J connectivity index is 2.32. The van der Waals surface area contributed by atoms with E-state index in [4.69, 9.17) is 9.47 Å². The van der Waals surface area contributed by atoms with Crippen LogP contribution in [0, 0.1) is 0 Å². The number of amides is 1. The summed E-state index contributed by atoms with van der Waals surface area (Å²) in [5, 5.41) is 0. The van der Waals surface area contributed by atoms with E-state index in [0.29, 0.717) is 6.42 Å². The highest BCUT2D eigenvalue weighted by molar-refractivity contribution is 5.67. The van der Waals surface area contributed by atoms with E-state index in [1.807, 2.05) is 6.92 Å². The van der Waals surface area contributed by atoms with Crippen molar-refractivity contribution in [3.05, 3.63) is 0 Å². The Morgan fingerprint density at radius 1 is 1.36 bits per heavy atom. The van der Waals surface area contributed by atoms with Gasteiger partial charge in [0.05, 0.1) is 0 Å². The third-order valence-electron chi connectivity index (χ3n) is 2.44. The second-order valence-electron chi connectivity index (χ2n) is 3.50. The molecule has 1 aliphatic heterocycles. The molecule has 14 heavy (non-hydrogen) atoms. The molecule has 1 atom stereocenters. The number of piperidine rings is 1. The van der Waals surface area contributed by atoms with Crippen LogP contribution in [-0.2, 0) is 9.47 Å². The zero-order valence-corrected chi connectivity index (χ0v) is 8.99. The summed E-state index contributed by atoms with van der Waals surface area (Å²) in [6, 6.07) is 0. The van der Waals surface area contributed by atoms with Crippen LogP contribution >= 0.6 is 0 Å². The summed E-state index contributed by atoms with van der Waals surface area (Å²) in [6.45, 7) is 3.57. The van der Waals surface area contributed by atoms with Crippen LogP contribution < -0.4 is 0 Å². The zero-order chi connectivity index (χ0) is 10.4. The molecule has 0 bridgehead atoms. The molecule has 0 aromatic carbocycles. The number of likely N-dealkylation sites (tertiary alicyclic amines) is 1. The minimum Gasteiger partial charge on any atom is -0.420 e. The second-order valence-corrected chi connectivity index (χ2v) is 3.50. The van der Waals surface area contributed by atoms with Crippen molar-refractivity contribution in [1.82, 2.24) is 4.90 Å². The number of carbonyl (C=O) groups excluding carboxylic acids is 1. The van der Waals surface area contributed by atoms with Gasteiger partial charge in [-0.05, 0) is 19.3 Å². The summed E-state index contributed by atoms with van der Waals surface area (Å²) in [6.07, 6.45) is 3.43. The molecule has 1 saturated heterocycles. The third-order valence-corrected chi connectivity index (χ3v) is 2.44. The van der Waals surface area contributed by atoms with Gasteiger partial charge in [0, 0.05) is 26.6 Å². The van der Waals surface area contributed by atoms with Gasteiger partial charge in [-0.1, -0.05) is 6.92 Å². The summed E-state index contributed by atoms with van der Waals surface area (Å²) in [5.74, 6) is 0. The SMILES string of the molecule is CCC(OC)OC(=O)N1CCCCC1. The average molecular weight is 201 g/mol. The van der Waals surface area contributed by atoms with Crippen molar-refractivity contribution in [3.63, 3.8) is 0 Å². The largest absolute Gasteiger partial charge is 0.420 e. The molecule has 1 heterocycles. The maximum absolute atomic E-state index is 11.6. The molecular formula is C10H19NO3. The maximum atomic E-state index is 11.6. The summed E-state index contributed by atoms with van der Waals surface area (Å²) >= 11 is 0. The highest BCUT2D eigenvalue weighted by Gasteiger charge is 2.20. The fourth-order valence-corrected chi connectivity index (χ4v) is 1.56. The van der Waals surface area contributed by atoms with Crippen molar-refractivity contribution in [3.8, 4) is 0 Å². The first kappa shape index (κ1) is 11.3. The van der Waals surface area contributed by atoms with Crippen LogP contribution in [0.3, 0.4) is 0 Å². The number of hydrogen-bond acceptors (Lipinski definition) is 3. The number of rotatable bonds is 3. The molecular weight excluding hydrogens is 182 g/mol. The predicted octanol–water partition coefficient (Wildman–Crippen LogP) is 1.99. The lowest BCUT2D eigenvalue weighted by Gasteiger charge is -2.27. The summed E-state index contributed by atoms with van der Waals surface area (Å²) in [5.41, 5.74) is 0. The van der Waals surface area contributed by atoms with Crippen molar-refractivity contribution < 1.29 is 14.3 Å². The van der Waals surface area contributed by atoms with Crippen molar-refractivity contribution >= 4 is 6.09 Å². The molecule has 0 aliphatic carbocycles. The fraction of sp³-hybridized carbons (Fsp3) is 0.900. The van der Waals surface area contributed by atoms with Gasteiger partial charge < -0.3 is 14.4 Å². The fourth-order valence-electron chi connectivity index (χ4n) is 1.56. The van der Waals surface area contributed by atoms with E-state index in [9.17, 15) is 4.79 Å². The Morgan fingerprint density at radius 2 is 2.00 bits per heavy atom. The molecule has 1 fully saturated rings. The number of nitrogens with zero attached hydrogens (tertiary/aromatic N) is 1. The van der Waals surface area contributed by atoms with Gasteiger partial charge in [0.25, 0.3) is 0 Å². The third kappa shape index (κ3) is 3.18. The molecule has 1 amide bonds.